The van der Waals surface area contributed by atoms with Crippen LogP contribution in [-0.4, -0.2) is 48.7 Å². The molecule has 2 fully saturated rings. The Morgan fingerprint density at radius 1 is 1.11 bits per heavy atom. The van der Waals surface area contributed by atoms with Crippen molar-refractivity contribution >= 4 is 15.9 Å². The molecule has 0 atom stereocenters. The van der Waals surface area contributed by atoms with Gasteiger partial charge in [-0.15, -0.1) is 0 Å². The first-order chi connectivity index (χ1) is 13.2. The minimum Gasteiger partial charge on any atom is -0.337 e. The van der Waals surface area contributed by atoms with E-state index in [1.807, 2.05) is 18.7 Å². The maximum Gasteiger partial charge on any atom is 0.246 e. The van der Waals surface area contributed by atoms with E-state index in [-0.39, 0.29) is 37.0 Å². The van der Waals surface area contributed by atoms with Gasteiger partial charge >= 0.3 is 0 Å². The van der Waals surface area contributed by atoms with E-state index >= 15 is 0 Å². The number of benzene rings is 1. The lowest BCUT2D eigenvalue weighted by atomic mass is 9.95. The van der Waals surface area contributed by atoms with Gasteiger partial charge in [0.15, 0.2) is 0 Å². The average molecular weight is 415 g/mol. The molecule has 156 valence electrons. The molecule has 0 unspecified atom stereocenters. The number of hydrogen-bond acceptors (Lipinski definition) is 3. The van der Waals surface area contributed by atoms with Crippen LogP contribution in [-0.2, 0) is 14.8 Å². The predicted octanol–water partition coefficient (Wildman–Crippen LogP) is 3.55. The molecule has 0 N–H and O–H groups in total. The van der Waals surface area contributed by atoms with Gasteiger partial charge in [0.05, 0.1) is 0 Å². The van der Waals surface area contributed by atoms with E-state index in [2.05, 4.69) is 0 Å². The largest absolute Gasteiger partial charge is 0.337 e. The Bertz CT molecular complexity index is 815. The highest BCUT2D eigenvalue weighted by Gasteiger charge is 2.37. The third-order valence-corrected chi connectivity index (χ3v) is 7.76. The van der Waals surface area contributed by atoms with Crippen LogP contribution in [0.5, 0.6) is 0 Å². The molecule has 1 heterocycles. The van der Waals surface area contributed by atoms with Crippen LogP contribution in [0.15, 0.2) is 23.1 Å². The van der Waals surface area contributed by atoms with Gasteiger partial charge in [-0.2, -0.15) is 4.31 Å². The summed E-state index contributed by atoms with van der Waals surface area (Å²) in [7, 11) is -4.12. The van der Waals surface area contributed by atoms with Crippen molar-refractivity contribution < 1.29 is 22.0 Å². The van der Waals surface area contributed by atoms with Gasteiger partial charge in [-0.05, 0) is 57.7 Å². The predicted molar refractivity (Wildman–Crippen MR) is 102 cm³/mol. The second-order valence-electron chi connectivity index (χ2n) is 8.03. The zero-order chi connectivity index (χ0) is 20.5. The maximum absolute atomic E-state index is 14.0. The van der Waals surface area contributed by atoms with Crippen molar-refractivity contribution in [2.45, 2.75) is 69.4 Å². The van der Waals surface area contributed by atoms with Crippen LogP contribution in [0, 0.1) is 17.6 Å². The number of sulfonamides is 1. The van der Waals surface area contributed by atoms with Crippen molar-refractivity contribution in [2.75, 3.05) is 13.1 Å². The first-order valence-electron chi connectivity index (χ1n) is 9.99. The van der Waals surface area contributed by atoms with Crippen molar-refractivity contribution in [3.63, 3.8) is 0 Å². The van der Waals surface area contributed by atoms with E-state index in [1.165, 1.54) is 0 Å². The number of nitrogens with zero attached hydrogens (tertiary/aromatic N) is 2. The standard InChI is InChI=1S/C20H28F2N2O3S/c1-14(2)24(17-5-3-4-6-17)20(25)15-9-11-23(12-10-15)28(26,27)19-13-16(21)7-8-18(19)22/h7-8,13-15,17H,3-6,9-12H2,1-2H3. The normalized spacial score (nSPS) is 20.0. The molecule has 8 heteroatoms. The zero-order valence-corrected chi connectivity index (χ0v) is 17.2. The summed E-state index contributed by atoms with van der Waals surface area (Å²) in [5.41, 5.74) is 0. The molecule has 1 aliphatic carbocycles. The van der Waals surface area contributed by atoms with Crippen LogP contribution in [0.3, 0.4) is 0 Å². The van der Waals surface area contributed by atoms with Gasteiger partial charge in [-0.1, -0.05) is 12.8 Å². The lowest BCUT2D eigenvalue weighted by Gasteiger charge is -2.38. The van der Waals surface area contributed by atoms with E-state index in [0.29, 0.717) is 18.9 Å². The summed E-state index contributed by atoms with van der Waals surface area (Å²) in [6.45, 7) is 4.29. The summed E-state index contributed by atoms with van der Waals surface area (Å²) in [6, 6.07) is 2.81. The molecule has 0 aromatic heterocycles. The molecule has 1 saturated carbocycles. The minimum absolute atomic E-state index is 0.0934. The molecule has 3 rings (SSSR count). The van der Waals surface area contributed by atoms with Gasteiger partial charge in [0.1, 0.15) is 16.5 Å². The van der Waals surface area contributed by atoms with Gasteiger partial charge < -0.3 is 4.90 Å². The first-order valence-corrected chi connectivity index (χ1v) is 11.4. The molecule has 2 aliphatic rings. The van der Waals surface area contributed by atoms with Gasteiger partial charge in [0, 0.05) is 31.1 Å². The molecular weight excluding hydrogens is 386 g/mol. The number of rotatable bonds is 5. The third-order valence-electron chi connectivity index (χ3n) is 5.84. The second-order valence-corrected chi connectivity index (χ2v) is 9.94. The first kappa shape index (κ1) is 21.2. The molecule has 28 heavy (non-hydrogen) atoms. The fourth-order valence-corrected chi connectivity index (χ4v) is 5.95. The summed E-state index contributed by atoms with van der Waals surface area (Å²) < 4.78 is 54.0. The second kappa shape index (κ2) is 8.45. The highest BCUT2D eigenvalue weighted by molar-refractivity contribution is 7.89. The van der Waals surface area contributed by atoms with Crippen molar-refractivity contribution in [1.82, 2.24) is 9.21 Å². The topological polar surface area (TPSA) is 57.7 Å². The summed E-state index contributed by atoms with van der Waals surface area (Å²) in [4.78, 5) is 14.4. The summed E-state index contributed by atoms with van der Waals surface area (Å²) in [5, 5.41) is 0. The highest BCUT2D eigenvalue weighted by Crippen LogP contribution is 2.31. The molecule has 1 aliphatic heterocycles. The maximum atomic E-state index is 14.0. The molecule has 0 spiro atoms. The Labute approximate surface area is 165 Å². The molecule has 0 radical (unpaired) electrons. The van der Waals surface area contributed by atoms with E-state index in [0.717, 1.165) is 42.1 Å². The molecule has 5 nitrogen and oxygen atoms in total. The van der Waals surface area contributed by atoms with E-state index < -0.39 is 26.6 Å². The number of hydrogen-bond donors (Lipinski definition) is 0. The zero-order valence-electron chi connectivity index (χ0n) is 16.4. The van der Waals surface area contributed by atoms with Crippen LogP contribution in [0.2, 0.25) is 0 Å². The summed E-state index contributed by atoms with van der Waals surface area (Å²) in [6.07, 6.45) is 5.11. The Hall–Kier alpha value is -1.54. The minimum atomic E-state index is -4.12. The monoisotopic (exact) mass is 414 g/mol. The van der Waals surface area contributed by atoms with Gasteiger partial charge in [0.2, 0.25) is 15.9 Å². The van der Waals surface area contributed by atoms with E-state index in [9.17, 15) is 22.0 Å². The SMILES string of the molecule is CC(C)N(C(=O)C1CCN(S(=O)(=O)c2cc(F)ccc2F)CC1)C1CCCC1. The Kier molecular flexibility index (Phi) is 6.39. The van der Waals surface area contributed by atoms with Crippen LogP contribution in [0.1, 0.15) is 52.4 Å². The molecule has 1 saturated heterocycles. The molecule has 1 aromatic rings. The number of carbonyl (C=O) groups excluding carboxylic acids is 1. The Morgan fingerprint density at radius 3 is 2.29 bits per heavy atom. The molecule has 1 amide bonds. The lowest BCUT2D eigenvalue weighted by molar-refractivity contribution is -0.141. The Balaban J connectivity index is 1.69. The molecule has 1 aromatic carbocycles. The van der Waals surface area contributed by atoms with Crippen LogP contribution in [0.4, 0.5) is 8.78 Å². The lowest BCUT2D eigenvalue weighted by Crippen LogP contribution is -2.49. The van der Waals surface area contributed by atoms with Gasteiger partial charge in [-0.3, -0.25) is 4.79 Å². The van der Waals surface area contributed by atoms with Crippen LogP contribution >= 0.6 is 0 Å². The van der Waals surface area contributed by atoms with Crippen molar-refractivity contribution in [3.8, 4) is 0 Å². The highest BCUT2D eigenvalue weighted by atomic mass is 32.2. The number of carbonyl (C=O) groups is 1. The fraction of sp³-hybridized carbons (Fsp3) is 0.650. The fourth-order valence-electron chi connectivity index (χ4n) is 4.41. The molecular formula is C20H28F2N2O3S. The number of amides is 1. The Morgan fingerprint density at radius 2 is 1.71 bits per heavy atom. The number of halogens is 2. The van der Waals surface area contributed by atoms with Crippen molar-refractivity contribution in [2.24, 2.45) is 5.92 Å². The average Bonchev–Trinajstić information content (AvgIpc) is 3.17. The van der Waals surface area contributed by atoms with E-state index in [1.54, 1.807) is 0 Å². The summed E-state index contributed by atoms with van der Waals surface area (Å²) in [5.74, 6) is -1.90. The van der Waals surface area contributed by atoms with Gasteiger partial charge in [-0.25, -0.2) is 17.2 Å². The quantitative estimate of drug-likeness (QED) is 0.740. The van der Waals surface area contributed by atoms with E-state index in [4.69, 9.17) is 0 Å². The van der Waals surface area contributed by atoms with Gasteiger partial charge in [0.25, 0.3) is 0 Å². The van der Waals surface area contributed by atoms with Crippen LogP contribution in [0.25, 0.3) is 0 Å². The van der Waals surface area contributed by atoms with Crippen LogP contribution < -0.4 is 0 Å². The van der Waals surface area contributed by atoms with Crippen molar-refractivity contribution in [1.29, 1.82) is 0 Å². The van der Waals surface area contributed by atoms with Crippen molar-refractivity contribution in [3.05, 3.63) is 29.8 Å². The third kappa shape index (κ3) is 4.22. The molecule has 0 bridgehead atoms. The summed E-state index contributed by atoms with van der Waals surface area (Å²) >= 11 is 0. The number of piperidine rings is 1. The smallest absolute Gasteiger partial charge is 0.246 e.